The molecule has 306 valence electrons. The van der Waals surface area contributed by atoms with E-state index < -0.39 is 0 Å². The molecule has 0 bridgehead atoms. The summed E-state index contributed by atoms with van der Waals surface area (Å²) in [4.78, 5) is 19.4. The molecular formula is C59H34N6S. The Balaban J connectivity index is 1.18. The van der Waals surface area contributed by atoms with Crippen molar-refractivity contribution in [3.05, 3.63) is 223 Å². The molecule has 0 spiro atoms. The third-order valence-corrected chi connectivity index (χ3v) is 13.5. The zero-order valence-corrected chi connectivity index (χ0v) is 36.0. The number of rotatable bonds is 7. The van der Waals surface area contributed by atoms with E-state index in [0.29, 0.717) is 28.7 Å². The fourth-order valence-corrected chi connectivity index (χ4v) is 10.3. The Morgan fingerprint density at radius 2 is 0.985 bits per heavy atom. The van der Waals surface area contributed by atoms with Crippen molar-refractivity contribution in [2.24, 2.45) is 0 Å². The van der Waals surface area contributed by atoms with Crippen LogP contribution in [0.25, 0.3) is 120 Å². The number of benzene rings is 9. The number of nitriles is 1. The molecule has 12 aromatic rings. The second kappa shape index (κ2) is 16.0. The minimum absolute atomic E-state index is 0.547. The first-order valence-corrected chi connectivity index (χ1v) is 22.4. The molecule has 0 fully saturated rings. The van der Waals surface area contributed by atoms with Gasteiger partial charge in [0.1, 0.15) is 0 Å². The van der Waals surface area contributed by atoms with Gasteiger partial charge in [0.2, 0.25) is 0 Å². The summed E-state index contributed by atoms with van der Waals surface area (Å²) in [6.07, 6.45) is 0. The van der Waals surface area contributed by atoms with Gasteiger partial charge < -0.3 is 4.57 Å². The van der Waals surface area contributed by atoms with Crippen molar-refractivity contribution in [3.63, 3.8) is 0 Å². The Labute approximate surface area is 384 Å². The first-order chi connectivity index (χ1) is 32.6. The van der Waals surface area contributed by atoms with Crippen LogP contribution in [0.5, 0.6) is 0 Å². The number of fused-ring (bicyclic) bond motifs is 6. The minimum Gasteiger partial charge on any atom is -0.308 e. The quantitative estimate of drug-likeness (QED) is 0.150. The summed E-state index contributed by atoms with van der Waals surface area (Å²) in [5.41, 5.74) is 13.0. The third-order valence-electron chi connectivity index (χ3n) is 12.3. The van der Waals surface area contributed by atoms with Gasteiger partial charge >= 0.3 is 0 Å². The van der Waals surface area contributed by atoms with Crippen molar-refractivity contribution >= 4 is 59.0 Å². The molecule has 9 aromatic carbocycles. The molecule has 12 rings (SSSR count). The molecule has 0 radical (unpaired) electrons. The summed E-state index contributed by atoms with van der Waals surface area (Å²) in [7, 11) is 0. The van der Waals surface area contributed by atoms with Gasteiger partial charge in [-0.05, 0) is 81.9 Å². The Bertz CT molecular complexity index is 3760. The van der Waals surface area contributed by atoms with Crippen LogP contribution < -0.4 is 0 Å². The van der Waals surface area contributed by atoms with Gasteiger partial charge in [0.25, 0.3) is 0 Å². The van der Waals surface area contributed by atoms with E-state index in [1.54, 1.807) is 0 Å². The number of hydrogen-bond acceptors (Lipinski definition) is 5. The van der Waals surface area contributed by atoms with Crippen LogP contribution in [0, 0.1) is 17.9 Å². The molecule has 3 aromatic heterocycles. The van der Waals surface area contributed by atoms with Crippen molar-refractivity contribution < 1.29 is 0 Å². The van der Waals surface area contributed by atoms with Crippen LogP contribution in [-0.4, -0.2) is 19.5 Å². The van der Waals surface area contributed by atoms with Gasteiger partial charge in [-0.1, -0.05) is 158 Å². The smallest absolute Gasteiger partial charge is 0.187 e. The number of hydrogen-bond donors (Lipinski definition) is 0. The zero-order valence-electron chi connectivity index (χ0n) is 35.2. The molecule has 6 nitrogen and oxygen atoms in total. The maximum absolute atomic E-state index is 9.60. The molecule has 0 amide bonds. The van der Waals surface area contributed by atoms with Gasteiger partial charge in [0.15, 0.2) is 23.2 Å². The lowest BCUT2D eigenvalue weighted by molar-refractivity contribution is 1.06. The Morgan fingerprint density at radius 1 is 0.439 bits per heavy atom. The fourth-order valence-electron chi connectivity index (χ4n) is 9.12. The van der Waals surface area contributed by atoms with Crippen LogP contribution >= 0.6 is 11.3 Å². The molecule has 66 heavy (non-hydrogen) atoms. The Kier molecular flexibility index (Phi) is 9.35. The van der Waals surface area contributed by atoms with E-state index in [4.69, 9.17) is 21.5 Å². The van der Waals surface area contributed by atoms with Gasteiger partial charge in [-0.3, -0.25) is 0 Å². The maximum Gasteiger partial charge on any atom is 0.187 e. The van der Waals surface area contributed by atoms with Crippen LogP contribution in [-0.2, 0) is 0 Å². The van der Waals surface area contributed by atoms with E-state index in [-0.39, 0.29) is 0 Å². The molecule has 0 aliphatic carbocycles. The van der Waals surface area contributed by atoms with Crippen LogP contribution in [0.2, 0.25) is 0 Å². The van der Waals surface area contributed by atoms with Crippen LogP contribution in [0.3, 0.4) is 0 Å². The number of thiophene rings is 1. The summed E-state index contributed by atoms with van der Waals surface area (Å²) in [5.74, 6) is 1.71. The molecule has 7 heteroatoms. The normalized spacial score (nSPS) is 11.3. The highest BCUT2D eigenvalue weighted by atomic mass is 32.1. The summed E-state index contributed by atoms with van der Waals surface area (Å²) in [6.45, 7) is 7.56. The van der Waals surface area contributed by atoms with E-state index in [1.165, 1.54) is 20.2 Å². The Morgan fingerprint density at radius 3 is 1.61 bits per heavy atom. The summed E-state index contributed by atoms with van der Waals surface area (Å²) in [5, 5.41) is 14.2. The highest BCUT2D eigenvalue weighted by molar-refractivity contribution is 7.25. The lowest BCUT2D eigenvalue weighted by atomic mass is 9.96. The molecule has 0 saturated carbocycles. The van der Waals surface area contributed by atoms with Gasteiger partial charge in [0, 0.05) is 47.6 Å². The molecular weight excluding hydrogens is 825 g/mol. The molecule has 0 saturated heterocycles. The SMILES string of the molecule is [C-]#[N+]c1ccc(-c2ccc3c4ccc(-c5ccc(C#N)cc5)cc4n(-c4ccc(-c5cccc6sc7ccccc7c56)cc4-c4nc(-c5ccccc5)nc(-c5ccccc5)n4)c3c2)cc1. The number of nitrogens with zero attached hydrogens (tertiary/aromatic N) is 6. The molecule has 0 unspecified atom stereocenters. The van der Waals surface area contributed by atoms with E-state index >= 15 is 0 Å². The lowest BCUT2D eigenvalue weighted by Crippen LogP contribution is -2.04. The van der Waals surface area contributed by atoms with Crippen LogP contribution in [0.15, 0.2) is 206 Å². The van der Waals surface area contributed by atoms with Gasteiger partial charge in [-0.25, -0.2) is 19.8 Å². The third kappa shape index (κ3) is 6.67. The topological polar surface area (TPSA) is 71.8 Å². The van der Waals surface area contributed by atoms with Gasteiger partial charge in [-0.15, -0.1) is 11.3 Å². The first-order valence-electron chi connectivity index (χ1n) is 21.6. The maximum atomic E-state index is 9.60. The van der Waals surface area contributed by atoms with Crippen molar-refractivity contribution in [3.8, 4) is 79.3 Å². The first kappa shape index (κ1) is 38.6. The van der Waals surface area contributed by atoms with Crippen molar-refractivity contribution in [1.29, 1.82) is 5.26 Å². The summed E-state index contributed by atoms with van der Waals surface area (Å²) >= 11 is 1.81. The standard InChI is InChI=1S/C59H34N6S/c1-61-45-28-23-39(24-29-45)43-26-31-48-47-30-25-42(38-21-19-37(36-60)20-22-38)34-52(47)65(53(48)35-43)51-32-27-44(46-16-10-18-55-56(46)49-15-8-9-17-54(49)66-55)33-50(51)59-63-57(40-11-4-2-5-12-40)62-58(64-59)41-13-6-3-7-14-41/h2-35H. The van der Waals surface area contributed by atoms with E-state index in [1.807, 2.05) is 121 Å². The van der Waals surface area contributed by atoms with E-state index in [9.17, 15) is 5.26 Å². The minimum atomic E-state index is 0.547. The van der Waals surface area contributed by atoms with Gasteiger partial charge in [0.05, 0.1) is 34.9 Å². The second-order valence-electron chi connectivity index (χ2n) is 16.2. The largest absolute Gasteiger partial charge is 0.308 e. The summed E-state index contributed by atoms with van der Waals surface area (Å²) < 4.78 is 4.83. The zero-order chi connectivity index (χ0) is 44.1. The van der Waals surface area contributed by atoms with Crippen molar-refractivity contribution in [1.82, 2.24) is 19.5 Å². The molecule has 0 aliphatic rings. The van der Waals surface area contributed by atoms with Crippen LogP contribution in [0.1, 0.15) is 5.56 Å². The summed E-state index contributed by atoms with van der Waals surface area (Å²) in [6, 6.07) is 73.1. The van der Waals surface area contributed by atoms with Crippen LogP contribution in [0.4, 0.5) is 5.69 Å². The van der Waals surface area contributed by atoms with Crippen molar-refractivity contribution in [2.45, 2.75) is 0 Å². The Hall–Kier alpha value is -9.01. The lowest BCUT2D eigenvalue weighted by Gasteiger charge is -2.17. The average Bonchev–Trinajstić information content (AvgIpc) is 3.94. The predicted octanol–water partition coefficient (Wildman–Crippen LogP) is 15.8. The van der Waals surface area contributed by atoms with E-state index in [2.05, 4.69) is 113 Å². The highest BCUT2D eigenvalue weighted by Gasteiger charge is 2.22. The fraction of sp³-hybridized carbons (Fsp3) is 0. The molecule has 0 atom stereocenters. The van der Waals surface area contributed by atoms with Crippen molar-refractivity contribution in [2.75, 3.05) is 0 Å². The second-order valence-corrected chi connectivity index (χ2v) is 17.3. The average molecular weight is 859 g/mol. The monoisotopic (exact) mass is 858 g/mol. The highest BCUT2D eigenvalue weighted by Crippen LogP contribution is 2.44. The molecule has 3 heterocycles. The number of aromatic nitrogens is 4. The molecule has 0 aliphatic heterocycles. The van der Waals surface area contributed by atoms with Gasteiger partial charge in [-0.2, -0.15) is 5.26 Å². The molecule has 0 N–H and O–H groups in total. The van der Waals surface area contributed by atoms with E-state index in [0.717, 1.165) is 77.6 Å². The predicted molar refractivity (Wildman–Crippen MR) is 271 cm³/mol.